The molecule has 23 heavy (non-hydrogen) atoms. The number of aryl methyl sites for hydroxylation is 2. The molecular formula is C20H19NO2. The maximum absolute atomic E-state index is 12.0. The predicted octanol–water partition coefficient (Wildman–Crippen LogP) is 4.27. The predicted molar refractivity (Wildman–Crippen MR) is 93.6 cm³/mol. The summed E-state index contributed by atoms with van der Waals surface area (Å²) in [5.41, 5.74) is 5.18. The number of fused-ring (bicyclic) bond motifs is 1. The van der Waals surface area contributed by atoms with Gasteiger partial charge in [0.1, 0.15) is 12.4 Å². The van der Waals surface area contributed by atoms with Gasteiger partial charge in [0.05, 0.1) is 0 Å². The summed E-state index contributed by atoms with van der Waals surface area (Å²) >= 11 is 0. The Bertz CT molecular complexity index is 803. The smallest absolute Gasteiger partial charge is 0.248 e. The van der Waals surface area contributed by atoms with E-state index in [-0.39, 0.29) is 5.91 Å². The molecule has 0 aromatic heterocycles. The molecule has 0 fully saturated rings. The Morgan fingerprint density at radius 1 is 1.13 bits per heavy atom. The van der Waals surface area contributed by atoms with Crippen LogP contribution in [-0.4, -0.2) is 12.5 Å². The van der Waals surface area contributed by atoms with Gasteiger partial charge in [-0.25, -0.2) is 0 Å². The number of carbonyl (C=O) groups is 1. The average Bonchev–Trinajstić information content (AvgIpc) is 2.56. The van der Waals surface area contributed by atoms with Crippen molar-refractivity contribution in [3.8, 4) is 5.75 Å². The van der Waals surface area contributed by atoms with Crippen LogP contribution >= 0.6 is 0 Å². The summed E-state index contributed by atoms with van der Waals surface area (Å²) in [5.74, 6) is 0.734. The minimum atomic E-state index is -0.145. The Morgan fingerprint density at radius 2 is 1.96 bits per heavy atom. The summed E-state index contributed by atoms with van der Waals surface area (Å²) in [7, 11) is 0. The van der Waals surface area contributed by atoms with E-state index in [2.05, 4.69) is 5.32 Å². The highest BCUT2D eigenvalue weighted by Crippen LogP contribution is 2.26. The van der Waals surface area contributed by atoms with Crippen molar-refractivity contribution in [2.45, 2.75) is 13.8 Å². The van der Waals surface area contributed by atoms with E-state index >= 15 is 0 Å². The molecular weight excluding hydrogens is 286 g/mol. The zero-order valence-corrected chi connectivity index (χ0v) is 13.3. The molecule has 0 radical (unpaired) electrons. The molecule has 0 spiro atoms. The molecule has 1 amide bonds. The highest BCUT2D eigenvalue weighted by atomic mass is 16.5. The molecule has 1 aliphatic heterocycles. The third kappa shape index (κ3) is 3.69. The second-order valence-electron chi connectivity index (χ2n) is 5.67. The van der Waals surface area contributed by atoms with E-state index in [0.29, 0.717) is 6.61 Å². The monoisotopic (exact) mass is 305 g/mol. The van der Waals surface area contributed by atoms with E-state index in [4.69, 9.17) is 4.74 Å². The molecule has 0 atom stereocenters. The van der Waals surface area contributed by atoms with Gasteiger partial charge in [-0.15, -0.1) is 0 Å². The number of hydrogen-bond donors (Lipinski definition) is 1. The molecule has 1 heterocycles. The molecule has 3 heteroatoms. The van der Waals surface area contributed by atoms with Gasteiger partial charge < -0.3 is 10.1 Å². The topological polar surface area (TPSA) is 38.3 Å². The normalized spacial score (nSPS) is 13.2. The van der Waals surface area contributed by atoms with Crippen LogP contribution in [0.15, 0.2) is 60.2 Å². The van der Waals surface area contributed by atoms with Gasteiger partial charge in [0.25, 0.3) is 0 Å². The second-order valence-corrected chi connectivity index (χ2v) is 5.67. The molecule has 3 nitrogen and oxygen atoms in total. The maximum Gasteiger partial charge on any atom is 0.248 e. The lowest BCUT2D eigenvalue weighted by Crippen LogP contribution is -2.10. The summed E-state index contributed by atoms with van der Waals surface area (Å²) in [5, 5.41) is 2.87. The van der Waals surface area contributed by atoms with Crippen molar-refractivity contribution in [1.29, 1.82) is 0 Å². The Labute approximate surface area is 136 Å². The van der Waals surface area contributed by atoms with Gasteiger partial charge >= 0.3 is 0 Å². The van der Waals surface area contributed by atoms with Crippen LogP contribution in [0.4, 0.5) is 5.69 Å². The summed E-state index contributed by atoms with van der Waals surface area (Å²) < 4.78 is 5.66. The van der Waals surface area contributed by atoms with E-state index in [0.717, 1.165) is 28.1 Å². The SMILES string of the molecule is Cc1ccc(NC(=O)/C=C/C2=Cc3ccccc3OC2)cc1C. The highest BCUT2D eigenvalue weighted by Gasteiger charge is 2.08. The van der Waals surface area contributed by atoms with Crippen LogP contribution in [-0.2, 0) is 4.79 Å². The Kier molecular flexibility index (Phi) is 4.29. The number of nitrogens with one attached hydrogen (secondary N) is 1. The van der Waals surface area contributed by atoms with Gasteiger partial charge in [0.15, 0.2) is 0 Å². The highest BCUT2D eigenvalue weighted by molar-refractivity contribution is 5.99. The number of ether oxygens (including phenoxy) is 1. The number of para-hydroxylation sites is 1. The Hall–Kier alpha value is -2.81. The standard InChI is InChI=1S/C20H19NO2/c1-14-7-9-18(11-15(14)2)21-20(22)10-8-16-12-17-5-3-4-6-19(17)23-13-16/h3-12H,13H2,1-2H3,(H,21,22)/b10-8+. The number of benzene rings is 2. The number of anilines is 1. The van der Waals surface area contributed by atoms with Gasteiger partial charge in [-0.2, -0.15) is 0 Å². The first kappa shape index (κ1) is 15.1. The van der Waals surface area contributed by atoms with Crippen LogP contribution in [0.5, 0.6) is 5.75 Å². The van der Waals surface area contributed by atoms with Crippen molar-refractivity contribution in [3.63, 3.8) is 0 Å². The minimum Gasteiger partial charge on any atom is -0.488 e. The van der Waals surface area contributed by atoms with Gasteiger partial charge in [0, 0.05) is 17.3 Å². The van der Waals surface area contributed by atoms with Crippen LogP contribution in [0, 0.1) is 13.8 Å². The lowest BCUT2D eigenvalue weighted by atomic mass is 10.1. The third-order valence-corrected chi connectivity index (χ3v) is 3.88. The molecule has 1 aliphatic rings. The van der Waals surface area contributed by atoms with Crippen LogP contribution in [0.2, 0.25) is 0 Å². The minimum absolute atomic E-state index is 0.145. The second kappa shape index (κ2) is 6.53. The van der Waals surface area contributed by atoms with E-state index in [9.17, 15) is 4.79 Å². The zero-order chi connectivity index (χ0) is 16.2. The van der Waals surface area contributed by atoms with Crippen LogP contribution in [0.1, 0.15) is 16.7 Å². The quantitative estimate of drug-likeness (QED) is 0.860. The summed E-state index contributed by atoms with van der Waals surface area (Å²) in [4.78, 5) is 12.0. The molecule has 0 saturated heterocycles. The van der Waals surface area contributed by atoms with Gasteiger partial charge in [-0.1, -0.05) is 30.3 Å². The number of carbonyl (C=O) groups excluding carboxylic acids is 1. The summed E-state index contributed by atoms with van der Waals surface area (Å²) in [6.07, 6.45) is 5.38. The largest absolute Gasteiger partial charge is 0.488 e. The zero-order valence-electron chi connectivity index (χ0n) is 13.3. The van der Waals surface area contributed by atoms with Crippen LogP contribution < -0.4 is 10.1 Å². The molecule has 0 bridgehead atoms. The first-order valence-corrected chi connectivity index (χ1v) is 7.60. The Balaban J connectivity index is 1.67. The average molecular weight is 305 g/mol. The van der Waals surface area contributed by atoms with Crippen molar-refractivity contribution in [3.05, 3.63) is 76.9 Å². The summed E-state index contributed by atoms with van der Waals surface area (Å²) in [6.45, 7) is 4.56. The number of hydrogen-bond acceptors (Lipinski definition) is 2. The van der Waals surface area contributed by atoms with E-state index in [1.54, 1.807) is 6.08 Å². The molecule has 2 aromatic carbocycles. The van der Waals surface area contributed by atoms with E-state index in [1.165, 1.54) is 11.6 Å². The fourth-order valence-electron chi connectivity index (χ4n) is 2.42. The lowest BCUT2D eigenvalue weighted by molar-refractivity contribution is -0.111. The van der Waals surface area contributed by atoms with Crippen LogP contribution in [0.25, 0.3) is 6.08 Å². The van der Waals surface area contributed by atoms with Gasteiger partial charge in [-0.3, -0.25) is 4.79 Å². The number of rotatable bonds is 3. The van der Waals surface area contributed by atoms with E-state index in [1.807, 2.05) is 62.4 Å². The fraction of sp³-hybridized carbons (Fsp3) is 0.150. The molecule has 2 aromatic rings. The number of amides is 1. The molecule has 1 N–H and O–H groups in total. The van der Waals surface area contributed by atoms with Crippen molar-refractivity contribution < 1.29 is 9.53 Å². The molecule has 0 aliphatic carbocycles. The fourth-order valence-corrected chi connectivity index (χ4v) is 2.42. The van der Waals surface area contributed by atoms with Crippen molar-refractivity contribution in [1.82, 2.24) is 0 Å². The molecule has 116 valence electrons. The first-order chi connectivity index (χ1) is 11.1. The van der Waals surface area contributed by atoms with Crippen molar-refractivity contribution >= 4 is 17.7 Å². The summed E-state index contributed by atoms with van der Waals surface area (Å²) in [6, 6.07) is 13.7. The molecule has 3 rings (SSSR count). The van der Waals surface area contributed by atoms with E-state index < -0.39 is 0 Å². The van der Waals surface area contributed by atoms with Gasteiger partial charge in [0.2, 0.25) is 5.91 Å². The maximum atomic E-state index is 12.0. The third-order valence-electron chi connectivity index (χ3n) is 3.88. The van der Waals surface area contributed by atoms with Crippen molar-refractivity contribution in [2.24, 2.45) is 0 Å². The van der Waals surface area contributed by atoms with Gasteiger partial charge in [-0.05, 0) is 54.8 Å². The Morgan fingerprint density at radius 3 is 2.78 bits per heavy atom. The van der Waals surface area contributed by atoms with Crippen LogP contribution in [0.3, 0.4) is 0 Å². The first-order valence-electron chi connectivity index (χ1n) is 7.60. The lowest BCUT2D eigenvalue weighted by Gasteiger charge is -2.15. The molecule has 0 unspecified atom stereocenters. The molecule has 0 saturated carbocycles. The van der Waals surface area contributed by atoms with Crippen molar-refractivity contribution in [2.75, 3.05) is 11.9 Å².